The van der Waals surface area contributed by atoms with Crippen LogP contribution in [-0.4, -0.2) is 18.9 Å². The number of anilines is 1. The second kappa shape index (κ2) is 9.74. The van der Waals surface area contributed by atoms with E-state index in [1.807, 2.05) is 16.8 Å². The molecule has 34 heavy (non-hydrogen) atoms. The summed E-state index contributed by atoms with van der Waals surface area (Å²) < 4.78 is 76.1. The maximum Gasteiger partial charge on any atom is 0.516 e. The van der Waals surface area contributed by atoms with E-state index in [4.69, 9.17) is 9.47 Å². The number of sulfonamides is 1. The molecule has 0 fully saturated rings. The number of benzene rings is 2. The minimum atomic E-state index is -5.64. The number of hydrogen-bond donors (Lipinski definition) is 0. The molecule has 176 valence electrons. The molecule has 0 aliphatic rings. The minimum absolute atomic E-state index is 0.159. The molecule has 0 N–H and O–H groups in total. The van der Waals surface area contributed by atoms with E-state index >= 15 is 0 Å². The zero-order chi connectivity index (χ0) is 24.2. The van der Waals surface area contributed by atoms with E-state index in [-0.39, 0.29) is 5.69 Å². The largest absolute Gasteiger partial charge is 0.516 e. The molecule has 6 nitrogen and oxygen atoms in total. The standard InChI is InChI=1S/C23H17F3N2O4S2/c24-23(25,26)34(29,30)28(15-17-2-1-12-27-14-17)18-3-5-19(6-4-18)31-20-7-9-21(10-8-20)32-22-11-13-33-16-22/h1-14,16H,15H2. The van der Waals surface area contributed by atoms with Crippen molar-refractivity contribution in [2.45, 2.75) is 12.1 Å². The van der Waals surface area contributed by atoms with Crippen LogP contribution in [0.3, 0.4) is 0 Å². The number of pyridine rings is 1. The third-order valence-electron chi connectivity index (χ3n) is 4.55. The van der Waals surface area contributed by atoms with Crippen molar-refractivity contribution < 1.29 is 31.1 Å². The van der Waals surface area contributed by atoms with Crippen LogP contribution in [0.4, 0.5) is 18.9 Å². The number of halogens is 3. The van der Waals surface area contributed by atoms with Crippen LogP contribution in [0.15, 0.2) is 89.9 Å². The molecule has 0 radical (unpaired) electrons. The van der Waals surface area contributed by atoms with Gasteiger partial charge in [0, 0.05) is 17.8 Å². The monoisotopic (exact) mass is 506 g/mol. The highest BCUT2D eigenvalue weighted by Crippen LogP contribution is 2.34. The van der Waals surface area contributed by atoms with E-state index in [2.05, 4.69) is 4.98 Å². The number of nitrogens with zero attached hydrogens (tertiary/aromatic N) is 2. The predicted molar refractivity (Wildman–Crippen MR) is 123 cm³/mol. The van der Waals surface area contributed by atoms with Gasteiger partial charge in [-0.15, -0.1) is 11.3 Å². The van der Waals surface area contributed by atoms with Crippen molar-refractivity contribution in [2.75, 3.05) is 4.31 Å². The number of hydrogen-bond acceptors (Lipinski definition) is 6. The Hall–Kier alpha value is -3.57. The van der Waals surface area contributed by atoms with E-state index in [1.54, 1.807) is 24.3 Å². The zero-order valence-electron chi connectivity index (χ0n) is 17.3. The maximum absolute atomic E-state index is 13.3. The van der Waals surface area contributed by atoms with Gasteiger partial charge in [0.15, 0.2) is 0 Å². The van der Waals surface area contributed by atoms with Gasteiger partial charge in [-0.25, -0.2) is 0 Å². The van der Waals surface area contributed by atoms with Crippen molar-refractivity contribution in [3.05, 3.63) is 95.4 Å². The van der Waals surface area contributed by atoms with Crippen molar-refractivity contribution in [1.82, 2.24) is 4.98 Å². The molecule has 2 aromatic carbocycles. The Kier molecular flexibility index (Phi) is 6.75. The van der Waals surface area contributed by atoms with Crippen molar-refractivity contribution in [3.63, 3.8) is 0 Å². The van der Waals surface area contributed by atoms with Gasteiger partial charge in [0.25, 0.3) is 0 Å². The fraction of sp³-hybridized carbons (Fsp3) is 0.0870. The second-order valence-corrected chi connectivity index (χ2v) is 9.58. The summed E-state index contributed by atoms with van der Waals surface area (Å²) in [5, 5.41) is 3.76. The lowest BCUT2D eigenvalue weighted by Gasteiger charge is -2.25. The summed E-state index contributed by atoms with van der Waals surface area (Å²) in [6.07, 6.45) is 2.75. The highest BCUT2D eigenvalue weighted by atomic mass is 32.2. The highest BCUT2D eigenvalue weighted by molar-refractivity contribution is 7.93. The van der Waals surface area contributed by atoms with E-state index in [0.717, 1.165) is 5.75 Å². The number of ether oxygens (including phenoxy) is 2. The zero-order valence-corrected chi connectivity index (χ0v) is 19.0. The van der Waals surface area contributed by atoms with Gasteiger partial charge in [-0.05, 0) is 71.6 Å². The molecule has 2 aromatic heterocycles. The van der Waals surface area contributed by atoms with Gasteiger partial charge < -0.3 is 9.47 Å². The summed E-state index contributed by atoms with van der Waals surface area (Å²) in [4.78, 5) is 3.83. The minimum Gasteiger partial charge on any atom is -0.457 e. The molecule has 0 saturated carbocycles. The second-order valence-electron chi connectivity index (χ2n) is 6.95. The van der Waals surface area contributed by atoms with Crippen LogP contribution in [0, 0.1) is 0 Å². The molecule has 0 saturated heterocycles. The Bertz CT molecular complexity index is 1310. The summed E-state index contributed by atoms with van der Waals surface area (Å²) >= 11 is 1.51. The number of alkyl halides is 3. The summed E-state index contributed by atoms with van der Waals surface area (Å²) in [5.74, 6) is 2.13. The van der Waals surface area contributed by atoms with Crippen LogP contribution in [0.25, 0.3) is 0 Å². The predicted octanol–water partition coefficient (Wildman–Crippen LogP) is 6.58. The van der Waals surface area contributed by atoms with Crippen LogP contribution >= 0.6 is 11.3 Å². The van der Waals surface area contributed by atoms with Crippen LogP contribution in [0.2, 0.25) is 0 Å². The first kappa shape index (κ1) is 23.6. The Labute approximate surface area is 197 Å². The number of rotatable bonds is 8. The van der Waals surface area contributed by atoms with Crippen LogP contribution < -0.4 is 13.8 Å². The van der Waals surface area contributed by atoms with Crippen molar-refractivity contribution in [1.29, 1.82) is 0 Å². The molecule has 0 unspecified atom stereocenters. The lowest BCUT2D eigenvalue weighted by molar-refractivity contribution is -0.0438. The summed E-state index contributed by atoms with van der Waals surface area (Å²) in [7, 11) is -5.64. The molecule has 0 atom stereocenters. The fourth-order valence-electron chi connectivity index (χ4n) is 2.94. The van der Waals surface area contributed by atoms with Crippen molar-refractivity contribution >= 4 is 27.0 Å². The first-order valence-electron chi connectivity index (χ1n) is 9.78. The SMILES string of the molecule is O=S(=O)(N(Cc1cccnc1)c1ccc(Oc2ccc(Oc3ccsc3)cc2)cc1)C(F)(F)F. The van der Waals surface area contributed by atoms with Gasteiger partial charge in [0.05, 0.1) is 12.2 Å². The van der Waals surface area contributed by atoms with Crippen molar-refractivity contribution in [2.24, 2.45) is 0 Å². The average Bonchev–Trinajstić information content (AvgIpc) is 3.32. The third kappa shape index (κ3) is 5.49. The molecule has 4 aromatic rings. The third-order valence-corrected chi connectivity index (χ3v) is 6.71. The fourth-order valence-corrected chi connectivity index (χ4v) is 4.46. The van der Waals surface area contributed by atoms with Gasteiger partial charge in [-0.1, -0.05) is 6.07 Å². The van der Waals surface area contributed by atoms with Gasteiger partial charge >= 0.3 is 15.5 Å². The summed E-state index contributed by atoms with van der Waals surface area (Å²) in [6, 6.07) is 16.9. The molecule has 11 heteroatoms. The molecule has 0 aliphatic heterocycles. The number of thiophene rings is 1. The van der Waals surface area contributed by atoms with Crippen LogP contribution in [0.1, 0.15) is 5.56 Å². The Morgan fingerprint density at radius 2 is 1.44 bits per heavy atom. The average molecular weight is 507 g/mol. The van der Waals surface area contributed by atoms with Crippen LogP contribution in [-0.2, 0) is 16.6 Å². The van der Waals surface area contributed by atoms with E-state index in [1.165, 1.54) is 60.1 Å². The number of aromatic nitrogens is 1. The smallest absolute Gasteiger partial charge is 0.457 e. The molecule has 0 amide bonds. The molecule has 0 aliphatic carbocycles. The van der Waals surface area contributed by atoms with E-state index in [9.17, 15) is 21.6 Å². The van der Waals surface area contributed by atoms with E-state index < -0.39 is 22.1 Å². The van der Waals surface area contributed by atoms with Gasteiger partial charge in [-0.3, -0.25) is 9.29 Å². The topological polar surface area (TPSA) is 68.7 Å². The molecule has 0 spiro atoms. The van der Waals surface area contributed by atoms with Gasteiger partial charge in [0.1, 0.15) is 23.0 Å². The van der Waals surface area contributed by atoms with E-state index in [0.29, 0.717) is 27.1 Å². The maximum atomic E-state index is 13.3. The lowest BCUT2D eigenvalue weighted by Crippen LogP contribution is -2.40. The molecule has 4 rings (SSSR count). The normalized spacial score (nSPS) is 11.7. The molecular weight excluding hydrogens is 489 g/mol. The molecular formula is C23H17F3N2O4S2. The van der Waals surface area contributed by atoms with Gasteiger partial charge in [0.2, 0.25) is 0 Å². The lowest BCUT2D eigenvalue weighted by atomic mass is 10.2. The quantitative estimate of drug-likeness (QED) is 0.270. The Morgan fingerprint density at radius 3 is 1.94 bits per heavy atom. The Balaban J connectivity index is 1.51. The van der Waals surface area contributed by atoms with Crippen molar-refractivity contribution in [3.8, 4) is 23.0 Å². The van der Waals surface area contributed by atoms with Gasteiger partial charge in [-0.2, -0.15) is 21.6 Å². The van der Waals surface area contributed by atoms with Crippen LogP contribution in [0.5, 0.6) is 23.0 Å². The summed E-state index contributed by atoms with van der Waals surface area (Å²) in [5.41, 5.74) is -5.31. The molecule has 2 heterocycles. The first-order valence-corrected chi connectivity index (χ1v) is 12.2. The highest BCUT2D eigenvalue weighted by Gasteiger charge is 2.50. The summed E-state index contributed by atoms with van der Waals surface area (Å²) in [6.45, 7) is -0.526. The first-order chi connectivity index (χ1) is 16.2. The Morgan fingerprint density at radius 1 is 0.853 bits per heavy atom. The molecule has 0 bridgehead atoms.